The minimum Gasteiger partial charge on any atom is -0.497 e. The number of nitrogens with one attached hydrogen (secondary N) is 1. The summed E-state index contributed by atoms with van der Waals surface area (Å²) in [5.74, 6) is 1.93. The van der Waals surface area contributed by atoms with Gasteiger partial charge in [-0.05, 0) is 49.0 Å². The Morgan fingerprint density at radius 2 is 1.96 bits per heavy atom. The largest absolute Gasteiger partial charge is 0.497 e. The van der Waals surface area contributed by atoms with E-state index in [-0.39, 0.29) is 6.04 Å². The van der Waals surface area contributed by atoms with Gasteiger partial charge in [-0.2, -0.15) is 0 Å². The maximum absolute atomic E-state index is 5.58. The lowest BCUT2D eigenvalue weighted by Gasteiger charge is -2.23. The van der Waals surface area contributed by atoms with Gasteiger partial charge in [-0.1, -0.05) is 24.3 Å². The lowest BCUT2D eigenvalue weighted by molar-refractivity contribution is 0.340. The summed E-state index contributed by atoms with van der Waals surface area (Å²) in [6.07, 6.45) is 1.02. The highest BCUT2D eigenvalue weighted by atomic mass is 16.5. The molecule has 3 rings (SSSR count). The molecule has 0 radical (unpaired) electrons. The van der Waals surface area contributed by atoms with Crippen molar-refractivity contribution in [1.82, 2.24) is 10.2 Å². The predicted octanol–water partition coefficient (Wildman–Crippen LogP) is 3.02. The lowest BCUT2D eigenvalue weighted by Crippen LogP contribution is -2.30. The molecule has 1 heterocycles. The molecule has 1 aliphatic heterocycles. The number of hydrogen-bond acceptors (Lipinski definition) is 4. The zero-order valence-corrected chi connectivity index (χ0v) is 14.7. The average Bonchev–Trinajstić information content (AvgIpc) is 3.06. The number of likely N-dealkylation sites (N-methyl/N-ethyl adjacent to an activating group) is 1. The van der Waals surface area contributed by atoms with Crippen molar-refractivity contribution in [2.45, 2.75) is 19.0 Å². The van der Waals surface area contributed by atoms with Gasteiger partial charge in [0.05, 0.1) is 13.7 Å². The molecule has 0 unspecified atom stereocenters. The third-order valence-corrected chi connectivity index (χ3v) is 4.37. The van der Waals surface area contributed by atoms with Gasteiger partial charge in [0.1, 0.15) is 11.5 Å². The third kappa shape index (κ3) is 4.08. The molecule has 0 saturated heterocycles. The summed E-state index contributed by atoms with van der Waals surface area (Å²) in [7, 11) is 5.90. The van der Waals surface area contributed by atoms with E-state index in [2.05, 4.69) is 54.6 Å². The smallest absolute Gasteiger partial charge is 0.122 e. The van der Waals surface area contributed by atoms with Gasteiger partial charge in [0, 0.05) is 25.6 Å². The lowest BCUT2D eigenvalue weighted by atomic mass is 10.0. The molecule has 4 heteroatoms. The van der Waals surface area contributed by atoms with Gasteiger partial charge in [0.25, 0.3) is 0 Å². The molecule has 0 bridgehead atoms. The van der Waals surface area contributed by atoms with Gasteiger partial charge in [0.2, 0.25) is 0 Å². The Kier molecular flexibility index (Phi) is 5.38. The van der Waals surface area contributed by atoms with E-state index in [4.69, 9.17) is 9.47 Å². The highest BCUT2D eigenvalue weighted by Crippen LogP contribution is 2.26. The minimum absolute atomic E-state index is 0.274. The molecule has 0 spiro atoms. The molecular weight excluding hydrogens is 300 g/mol. The van der Waals surface area contributed by atoms with Crippen molar-refractivity contribution in [2.24, 2.45) is 0 Å². The monoisotopic (exact) mass is 326 g/mol. The Bertz CT molecular complexity index is 668. The molecule has 1 aliphatic rings. The fraction of sp³-hybridized carbons (Fsp3) is 0.400. The molecule has 4 nitrogen and oxygen atoms in total. The van der Waals surface area contributed by atoms with Crippen molar-refractivity contribution in [1.29, 1.82) is 0 Å². The van der Waals surface area contributed by atoms with E-state index in [9.17, 15) is 0 Å². The summed E-state index contributed by atoms with van der Waals surface area (Å²) in [4.78, 5) is 2.21. The first kappa shape index (κ1) is 16.8. The van der Waals surface area contributed by atoms with Crippen molar-refractivity contribution >= 4 is 0 Å². The van der Waals surface area contributed by atoms with Gasteiger partial charge < -0.3 is 19.7 Å². The first-order chi connectivity index (χ1) is 11.7. The van der Waals surface area contributed by atoms with Crippen molar-refractivity contribution in [3.8, 4) is 11.5 Å². The molecule has 0 aromatic heterocycles. The first-order valence-electron chi connectivity index (χ1n) is 8.42. The number of ether oxygens (including phenoxy) is 2. The molecule has 0 saturated carbocycles. The van der Waals surface area contributed by atoms with Crippen molar-refractivity contribution in [3.05, 3.63) is 59.2 Å². The van der Waals surface area contributed by atoms with E-state index in [1.54, 1.807) is 7.11 Å². The summed E-state index contributed by atoms with van der Waals surface area (Å²) < 4.78 is 10.8. The zero-order chi connectivity index (χ0) is 16.9. The quantitative estimate of drug-likeness (QED) is 0.848. The van der Waals surface area contributed by atoms with Crippen LogP contribution in [0.2, 0.25) is 0 Å². The van der Waals surface area contributed by atoms with Crippen LogP contribution in [0, 0.1) is 0 Å². The van der Waals surface area contributed by atoms with E-state index in [0.29, 0.717) is 0 Å². The second kappa shape index (κ2) is 7.69. The Morgan fingerprint density at radius 3 is 2.67 bits per heavy atom. The Morgan fingerprint density at radius 1 is 1.17 bits per heavy atom. The van der Waals surface area contributed by atoms with Gasteiger partial charge in [-0.15, -0.1) is 0 Å². The fourth-order valence-corrected chi connectivity index (χ4v) is 3.08. The van der Waals surface area contributed by atoms with Crippen molar-refractivity contribution < 1.29 is 9.47 Å². The second-order valence-corrected chi connectivity index (χ2v) is 6.51. The number of rotatable bonds is 7. The van der Waals surface area contributed by atoms with Gasteiger partial charge >= 0.3 is 0 Å². The standard InChI is InChI=1S/C20H26N2O2/c1-22(2)14-19(16-5-7-18(23-3)8-6-16)21-13-15-4-9-20-17(12-15)10-11-24-20/h4-9,12,19,21H,10-11,13-14H2,1-3H3/t19-/m0/s1. The van der Waals surface area contributed by atoms with E-state index in [1.165, 1.54) is 16.7 Å². The summed E-state index contributed by atoms with van der Waals surface area (Å²) in [5, 5.41) is 3.69. The van der Waals surface area contributed by atoms with Gasteiger partial charge in [-0.3, -0.25) is 0 Å². The minimum atomic E-state index is 0.274. The summed E-state index contributed by atoms with van der Waals surface area (Å²) in [6.45, 7) is 2.60. The van der Waals surface area contributed by atoms with E-state index < -0.39 is 0 Å². The number of benzene rings is 2. The van der Waals surface area contributed by atoms with Gasteiger partial charge in [-0.25, -0.2) is 0 Å². The van der Waals surface area contributed by atoms with Crippen molar-refractivity contribution in [3.63, 3.8) is 0 Å². The molecule has 1 N–H and O–H groups in total. The van der Waals surface area contributed by atoms with Crippen LogP contribution < -0.4 is 14.8 Å². The van der Waals surface area contributed by atoms with Crippen LogP contribution in [0.3, 0.4) is 0 Å². The molecule has 2 aromatic carbocycles. The molecule has 1 atom stereocenters. The van der Waals surface area contributed by atoms with Crippen LogP contribution in [0.15, 0.2) is 42.5 Å². The molecule has 0 fully saturated rings. The maximum atomic E-state index is 5.58. The van der Waals surface area contributed by atoms with E-state index >= 15 is 0 Å². The number of hydrogen-bond donors (Lipinski definition) is 1. The van der Waals surface area contributed by atoms with Crippen LogP contribution in [0.25, 0.3) is 0 Å². The first-order valence-corrected chi connectivity index (χ1v) is 8.42. The van der Waals surface area contributed by atoms with Crippen LogP contribution in [-0.4, -0.2) is 39.3 Å². The molecular formula is C20H26N2O2. The van der Waals surface area contributed by atoms with Crippen molar-refractivity contribution in [2.75, 3.05) is 34.4 Å². The highest BCUT2D eigenvalue weighted by Gasteiger charge is 2.15. The Balaban J connectivity index is 1.69. The normalized spacial score (nSPS) is 14.3. The van der Waals surface area contributed by atoms with Crippen LogP contribution in [0.4, 0.5) is 0 Å². The Labute approximate surface area is 144 Å². The second-order valence-electron chi connectivity index (χ2n) is 6.51. The topological polar surface area (TPSA) is 33.7 Å². The Hall–Kier alpha value is -2.04. The van der Waals surface area contributed by atoms with Crippen LogP contribution in [0.5, 0.6) is 11.5 Å². The van der Waals surface area contributed by atoms with E-state index in [0.717, 1.165) is 37.6 Å². The number of nitrogens with zero attached hydrogens (tertiary/aromatic N) is 1. The third-order valence-electron chi connectivity index (χ3n) is 4.37. The summed E-state index contributed by atoms with van der Waals surface area (Å²) in [6, 6.07) is 15.1. The molecule has 2 aromatic rings. The maximum Gasteiger partial charge on any atom is 0.122 e. The number of methoxy groups -OCH3 is 1. The molecule has 128 valence electrons. The summed E-state index contributed by atoms with van der Waals surface area (Å²) in [5.41, 5.74) is 3.90. The van der Waals surface area contributed by atoms with Crippen LogP contribution in [0.1, 0.15) is 22.7 Å². The highest BCUT2D eigenvalue weighted by molar-refractivity contribution is 5.40. The molecule has 0 amide bonds. The zero-order valence-electron chi connectivity index (χ0n) is 14.7. The fourth-order valence-electron chi connectivity index (χ4n) is 3.08. The number of fused-ring (bicyclic) bond motifs is 1. The van der Waals surface area contributed by atoms with Crippen LogP contribution >= 0.6 is 0 Å². The van der Waals surface area contributed by atoms with Crippen LogP contribution in [-0.2, 0) is 13.0 Å². The summed E-state index contributed by atoms with van der Waals surface area (Å²) >= 11 is 0. The molecule has 0 aliphatic carbocycles. The molecule has 24 heavy (non-hydrogen) atoms. The SMILES string of the molecule is COc1ccc([C@H](CN(C)C)NCc2ccc3c(c2)CCO3)cc1. The van der Waals surface area contributed by atoms with E-state index in [1.807, 2.05) is 12.1 Å². The van der Waals surface area contributed by atoms with Gasteiger partial charge in [0.15, 0.2) is 0 Å². The average molecular weight is 326 g/mol. The predicted molar refractivity (Wildman–Crippen MR) is 96.8 cm³/mol.